The van der Waals surface area contributed by atoms with E-state index in [1.54, 1.807) is 0 Å². The number of carbonyl (C=O) groups excluding carboxylic acids is 1. The predicted octanol–water partition coefficient (Wildman–Crippen LogP) is 4.75. The van der Waals surface area contributed by atoms with Gasteiger partial charge in [-0.2, -0.15) is 0 Å². The first-order valence-corrected chi connectivity index (χ1v) is 10.0. The average Bonchev–Trinajstić information content (AvgIpc) is 3.19. The minimum atomic E-state index is 0.146. The first kappa shape index (κ1) is 17.8. The van der Waals surface area contributed by atoms with E-state index in [2.05, 4.69) is 42.7 Å². The van der Waals surface area contributed by atoms with Crippen LogP contribution in [0.4, 0.5) is 5.69 Å². The van der Waals surface area contributed by atoms with Gasteiger partial charge in [0.2, 0.25) is 5.91 Å². The Morgan fingerprint density at radius 3 is 2.74 bits per heavy atom. The number of amides is 1. The van der Waals surface area contributed by atoms with Gasteiger partial charge < -0.3 is 9.47 Å². The van der Waals surface area contributed by atoms with Crippen LogP contribution in [0.3, 0.4) is 0 Å². The molecular weight excluding hydrogens is 334 g/mol. The lowest BCUT2D eigenvalue weighted by atomic mass is 10.1. The van der Waals surface area contributed by atoms with Crippen molar-refractivity contribution in [3.63, 3.8) is 0 Å². The standard InChI is InChI=1S/C23H27N3O/c1-3-4-5-14-22-24-19-11-7-9-13-21(19)25(22)16-23(27)26-17(2)15-18-10-6-8-12-20(18)26/h6-13,17H,3-5,14-16H2,1-2H3/t17-/m0/s1. The highest BCUT2D eigenvalue weighted by atomic mass is 16.2. The summed E-state index contributed by atoms with van der Waals surface area (Å²) in [4.78, 5) is 20.1. The second-order valence-corrected chi connectivity index (χ2v) is 7.51. The van der Waals surface area contributed by atoms with Gasteiger partial charge in [0.1, 0.15) is 12.4 Å². The van der Waals surface area contributed by atoms with Crippen molar-refractivity contribution in [1.29, 1.82) is 0 Å². The Balaban J connectivity index is 1.64. The summed E-state index contributed by atoms with van der Waals surface area (Å²) >= 11 is 0. The lowest BCUT2D eigenvalue weighted by molar-refractivity contribution is -0.119. The zero-order valence-corrected chi connectivity index (χ0v) is 16.2. The number of para-hydroxylation sites is 3. The zero-order chi connectivity index (χ0) is 18.8. The van der Waals surface area contributed by atoms with E-state index in [0.717, 1.165) is 41.8 Å². The number of unbranched alkanes of at least 4 members (excludes halogenated alkanes) is 2. The predicted molar refractivity (Wildman–Crippen MR) is 110 cm³/mol. The van der Waals surface area contributed by atoms with Gasteiger partial charge in [-0.25, -0.2) is 4.98 Å². The summed E-state index contributed by atoms with van der Waals surface area (Å²) in [5.74, 6) is 1.17. The van der Waals surface area contributed by atoms with Gasteiger partial charge in [0.25, 0.3) is 0 Å². The number of imidazole rings is 1. The molecule has 0 N–H and O–H groups in total. The van der Waals surface area contributed by atoms with Crippen LogP contribution in [0.2, 0.25) is 0 Å². The first-order chi connectivity index (χ1) is 13.2. The minimum absolute atomic E-state index is 0.146. The van der Waals surface area contributed by atoms with Crippen molar-refractivity contribution in [2.24, 2.45) is 0 Å². The zero-order valence-electron chi connectivity index (χ0n) is 16.2. The highest BCUT2D eigenvalue weighted by Crippen LogP contribution is 2.32. The molecule has 1 aliphatic rings. The third kappa shape index (κ3) is 3.36. The van der Waals surface area contributed by atoms with Crippen molar-refractivity contribution >= 4 is 22.6 Å². The van der Waals surface area contributed by atoms with Crippen LogP contribution in [0, 0.1) is 0 Å². The Hall–Kier alpha value is -2.62. The monoisotopic (exact) mass is 361 g/mol. The molecule has 1 amide bonds. The average molecular weight is 361 g/mol. The summed E-state index contributed by atoms with van der Waals surface area (Å²) in [6.45, 7) is 4.69. The second-order valence-electron chi connectivity index (χ2n) is 7.51. The van der Waals surface area contributed by atoms with Crippen LogP contribution in [-0.2, 0) is 24.2 Å². The molecule has 0 saturated heterocycles. The van der Waals surface area contributed by atoms with Crippen molar-refractivity contribution < 1.29 is 4.79 Å². The third-order valence-electron chi connectivity index (χ3n) is 5.51. The molecule has 1 atom stereocenters. The Labute approximate surface area is 160 Å². The molecule has 0 fully saturated rings. The molecular formula is C23H27N3O. The summed E-state index contributed by atoms with van der Waals surface area (Å²) < 4.78 is 2.13. The quantitative estimate of drug-likeness (QED) is 0.594. The first-order valence-electron chi connectivity index (χ1n) is 10.0. The Morgan fingerprint density at radius 2 is 1.89 bits per heavy atom. The van der Waals surface area contributed by atoms with Crippen LogP contribution in [0.1, 0.15) is 44.5 Å². The number of benzene rings is 2. The number of anilines is 1. The van der Waals surface area contributed by atoms with Gasteiger partial charge in [-0.1, -0.05) is 50.1 Å². The fourth-order valence-corrected chi connectivity index (χ4v) is 4.18. The van der Waals surface area contributed by atoms with E-state index in [9.17, 15) is 4.79 Å². The molecule has 1 aromatic heterocycles. The third-order valence-corrected chi connectivity index (χ3v) is 5.51. The Morgan fingerprint density at radius 1 is 1.11 bits per heavy atom. The van der Waals surface area contributed by atoms with Crippen LogP contribution in [0.5, 0.6) is 0 Å². The topological polar surface area (TPSA) is 38.1 Å². The molecule has 4 heteroatoms. The largest absolute Gasteiger partial charge is 0.318 e. The van der Waals surface area contributed by atoms with Crippen LogP contribution in [0.15, 0.2) is 48.5 Å². The highest BCUT2D eigenvalue weighted by Gasteiger charge is 2.31. The van der Waals surface area contributed by atoms with Crippen molar-refractivity contribution in [3.05, 3.63) is 59.9 Å². The second kappa shape index (κ2) is 7.55. The van der Waals surface area contributed by atoms with Gasteiger partial charge in [-0.05, 0) is 43.5 Å². The number of hydrogen-bond acceptors (Lipinski definition) is 2. The van der Waals surface area contributed by atoms with Crippen molar-refractivity contribution in [1.82, 2.24) is 9.55 Å². The van der Waals surface area contributed by atoms with E-state index >= 15 is 0 Å². The number of aryl methyl sites for hydroxylation is 1. The molecule has 0 unspecified atom stereocenters. The van der Waals surface area contributed by atoms with Crippen LogP contribution < -0.4 is 4.90 Å². The number of hydrogen-bond donors (Lipinski definition) is 0. The minimum Gasteiger partial charge on any atom is -0.318 e. The number of fused-ring (bicyclic) bond motifs is 2. The number of carbonyl (C=O) groups is 1. The molecule has 0 saturated carbocycles. The summed E-state index contributed by atoms with van der Waals surface area (Å²) in [7, 11) is 0. The molecule has 140 valence electrons. The maximum atomic E-state index is 13.3. The van der Waals surface area contributed by atoms with Crippen LogP contribution >= 0.6 is 0 Å². The molecule has 3 aromatic rings. The van der Waals surface area contributed by atoms with E-state index < -0.39 is 0 Å². The molecule has 0 radical (unpaired) electrons. The molecule has 1 aliphatic heterocycles. The SMILES string of the molecule is CCCCCc1nc2ccccc2n1CC(=O)N1c2ccccc2C[C@@H]1C. The van der Waals surface area contributed by atoms with Crippen molar-refractivity contribution in [2.75, 3.05) is 4.90 Å². The molecule has 4 rings (SSSR count). The van der Waals surface area contributed by atoms with Crippen molar-refractivity contribution in [2.45, 2.75) is 58.5 Å². The summed E-state index contributed by atoms with van der Waals surface area (Å²) in [6, 6.07) is 16.6. The fourth-order valence-electron chi connectivity index (χ4n) is 4.18. The van der Waals surface area contributed by atoms with E-state index in [1.807, 2.05) is 29.2 Å². The maximum absolute atomic E-state index is 13.3. The number of nitrogens with zero attached hydrogens (tertiary/aromatic N) is 3. The van der Waals surface area contributed by atoms with E-state index in [0.29, 0.717) is 6.54 Å². The molecule has 2 heterocycles. The Bertz CT molecular complexity index is 959. The fraction of sp³-hybridized carbons (Fsp3) is 0.391. The summed E-state index contributed by atoms with van der Waals surface area (Å²) in [6.07, 6.45) is 5.32. The maximum Gasteiger partial charge on any atom is 0.247 e. The summed E-state index contributed by atoms with van der Waals surface area (Å²) in [5.41, 5.74) is 4.35. The van der Waals surface area contributed by atoms with Gasteiger partial charge in [0.15, 0.2) is 0 Å². The van der Waals surface area contributed by atoms with Crippen molar-refractivity contribution in [3.8, 4) is 0 Å². The van der Waals surface area contributed by atoms with Gasteiger partial charge in [0, 0.05) is 18.2 Å². The normalized spacial score (nSPS) is 16.1. The molecule has 27 heavy (non-hydrogen) atoms. The van der Waals surface area contributed by atoms with E-state index in [-0.39, 0.29) is 11.9 Å². The Kier molecular flexibility index (Phi) is 4.97. The lowest BCUT2D eigenvalue weighted by Gasteiger charge is -2.23. The highest BCUT2D eigenvalue weighted by molar-refractivity contribution is 5.96. The van der Waals surface area contributed by atoms with Gasteiger partial charge in [-0.15, -0.1) is 0 Å². The number of aromatic nitrogens is 2. The van der Waals surface area contributed by atoms with E-state index in [1.165, 1.54) is 18.4 Å². The molecule has 2 aromatic carbocycles. The smallest absolute Gasteiger partial charge is 0.247 e. The molecule has 4 nitrogen and oxygen atoms in total. The lowest BCUT2D eigenvalue weighted by Crippen LogP contribution is -2.38. The van der Waals surface area contributed by atoms with Gasteiger partial charge in [0.05, 0.1) is 11.0 Å². The number of rotatable bonds is 6. The summed E-state index contributed by atoms with van der Waals surface area (Å²) in [5, 5.41) is 0. The van der Waals surface area contributed by atoms with Crippen LogP contribution in [0.25, 0.3) is 11.0 Å². The molecule has 0 bridgehead atoms. The van der Waals surface area contributed by atoms with Gasteiger partial charge >= 0.3 is 0 Å². The van der Waals surface area contributed by atoms with Gasteiger partial charge in [-0.3, -0.25) is 4.79 Å². The van der Waals surface area contributed by atoms with Crippen LogP contribution in [-0.4, -0.2) is 21.5 Å². The van der Waals surface area contributed by atoms with E-state index in [4.69, 9.17) is 4.98 Å². The molecule has 0 spiro atoms. The molecule has 0 aliphatic carbocycles.